The predicted octanol–water partition coefficient (Wildman–Crippen LogP) is 4.37. The minimum atomic E-state index is -0.135. The maximum absolute atomic E-state index is 12.5. The number of ether oxygens (including phenoxy) is 2. The van der Waals surface area contributed by atoms with E-state index in [-0.39, 0.29) is 24.7 Å². The van der Waals surface area contributed by atoms with Crippen LogP contribution in [0.3, 0.4) is 0 Å². The summed E-state index contributed by atoms with van der Waals surface area (Å²) in [5.74, 6) is 1.23. The number of hydrogen-bond acceptors (Lipinski definition) is 4. The first-order valence-corrected chi connectivity index (χ1v) is 9.93. The number of anilines is 2. The standard InChI is InChI=1S/C25H26N2O4/c1-17-4-9-20(26-24(28)14-18-5-10-21(30-2)11-6-18)16-23(17)27-25(29)15-19-7-12-22(31-3)13-8-19/h4-13,16H,14-15H2,1-3H3,(H,26,28)(H,27,29). The number of rotatable bonds is 8. The molecule has 160 valence electrons. The highest BCUT2D eigenvalue weighted by molar-refractivity contribution is 5.96. The Balaban J connectivity index is 1.60. The molecule has 31 heavy (non-hydrogen) atoms. The van der Waals surface area contributed by atoms with Gasteiger partial charge in [-0.3, -0.25) is 9.59 Å². The average molecular weight is 418 g/mol. The van der Waals surface area contributed by atoms with Gasteiger partial charge in [-0.2, -0.15) is 0 Å². The van der Waals surface area contributed by atoms with Gasteiger partial charge < -0.3 is 20.1 Å². The van der Waals surface area contributed by atoms with Crippen molar-refractivity contribution in [2.24, 2.45) is 0 Å². The van der Waals surface area contributed by atoms with Crippen molar-refractivity contribution >= 4 is 23.2 Å². The molecule has 3 aromatic rings. The summed E-state index contributed by atoms with van der Waals surface area (Å²) in [6.45, 7) is 1.91. The predicted molar refractivity (Wildman–Crippen MR) is 122 cm³/mol. The van der Waals surface area contributed by atoms with Crippen LogP contribution in [0, 0.1) is 6.92 Å². The monoisotopic (exact) mass is 418 g/mol. The van der Waals surface area contributed by atoms with Crippen molar-refractivity contribution in [1.82, 2.24) is 0 Å². The molecule has 0 radical (unpaired) electrons. The van der Waals surface area contributed by atoms with Crippen molar-refractivity contribution in [2.45, 2.75) is 19.8 Å². The van der Waals surface area contributed by atoms with Gasteiger partial charge in [0.1, 0.15) is 11.5 Å². The van der Waals surface area contributed by atoms with Crippen LogP contribution in [0.5, 0.6) is 11.5 Å². The van der Waals surface area contributed by atoms with E-state index in [1.807, 2.05) is 67.6 Å². The molecule has 3 rings (SSSR count). The molecule has 0 saturated carbocycles. The minimum absolute atomic E-state index is 0.130. The molecule has 0 saturated heterocycles. The second-order valence-electron chi connectivity index (χ2n) is 7.18. The van der Waals surface area contributed by atoms with Gasteiger partial charge in [0.15, 0.2) is 0 Å². The van der Waals surface area contributed by atoms with E-state index in [1.165, 1.54) is 0 Å². The van der Waals surface area contributed by atoms with Gasteiger partial charge in [-0.15, -0.1) is 0 Å². The molecular weight excluding hydrogens is 392 g/mol. The summed E-state index contributed by atoms with van der Waals surface area (Å²) in [6, 6.07) is 20.2. The number of carbonyl (C=O) groups excluding carboxylic acids is 2. The van der Waals surface area contributed by atoms with E-state index in [1.54, 1.807) is 20.3 Å². The normalized spacial score (nSPS) is 10.3. The van der Waals surface area contributed by atoms with Crippen LogP contribution >= 0.6 is 0 Å². The molecule has 2 amide bonds. The second kappa shape index (κ2) is 10.3. The van der Waals surface area contributed by atoms with Crippen molar-refractivity contribution in [3.05, 3.63) is 83.4 Å². The quantitative estimate of drug-likeness (QED) is 0.569. The number of carbonyl (C=O) groups is 2. The van der Waals surface area contributed by atoms with E-state index in [9.17, 15) is 9.59 Å². The lowest BCUT2D eigenvalue weighted by Gasteiger charge is -2.12. The molecule has 0 aliphatic rings. The van der Waals surface area contributed by atoms with Gasteiger partial charge in [-0.05, 0) is 60.0 Å². The molecule has 0 unspecified atom stereocenters. The van der Waals surface area contributed by atoms with Crippen molar-refractivity contribution in [2.75, 3.05) is 24.9 Å². The van der Waals surface area contributed by atoms with Gasteiger partial charge >= 0.3 is 0 Å². The molecule has 3 aromatic carbocycles. The minimum Gasteiger partial charge on any atom is -0.497 e. The van der Waals surface area contributed by atoms with Crippen molar-refractivity contribution < 1.29 is 19.1 Å². The van der Waals surface area contributed by atoms with Gasteiger partial charge in [-0.1, -0.05) is 30.3 Å². The fourth-order valence-corrected chi connectivity index (χ4v) is 3.09. The summed E-state index contributed by atoms with van der Waals surface area (Å²) < 4.78 is 10.3. The molecule has 0 aliphatic carbocycles. The number of methoxy groups -OCH3 is 2. The highest BCUT2D eigenvalue weighted by Crippen LogP contribution is 2.21. The van der Waals surface area contributed by atoms with E-state index >= 15 is 0 Å². The Morgan fingerprint density at radius 3 is 1.68 bits per heavy atom. The highest BCUT2D eigenvalue weighted by Gasteiger charge is 2.10. The smallest absolute Gasteiger partial charge is 0.228 e. The molecule has 0 aliphatic heterocycles. The molecule has 0 bridgehead atoms. The summed E-state index contributed by atoms with van der Waals surface area (Å²) in [6.07, 6.45) is 0.495. The Kier molecular flexibility index (Phi) is 7.27. The Labute approximate surface area is 182 Å². The van der Waals surface area contributed by atoms with E-state index in [0.717, 1.165) is 28.2 Å². The first-order valence-electron chi connectivity index (χ1n) is 9.93. The summed E-state index contributed by atoms with van der Waals surface area (Å²) in [5.41, 5.74) is 3.99. The topological polar surface area (TPSA) is 76.7 Å². The first kappa shape index (κ1) is 21.9. The average Bonchev–Trinajstić information content (AvgIpc) is 2.77. The maximum atomic E-state index is 12.5. The van der Waals surface area contributed by atoms with Crippen molar-refractivity contribution in [1.29, 1.82) is 0 Å². The number of benzene rings is 3. The molecule has 6 nitrogen and oxygen atoms in total. The third-order valence-corrected chi connectivity index (χ3v) is 4.84. The Morgan fingerprint density at radius 2 is 1.19 bits per heavy atom. The third-order valence-electron chi connectivity index (χ3n) is 4.84. The van der Waals surface area contributed by atoms with E-state index in [4.69, 9.17) is 9.47 Å². The number of hydrogen-bond donors (Lipinski definition) is 2. The molecule has 0 fully saturated rings. The third kappa shape index (κ3) is 6.34. The fraction of sp³-hybridized carbons (Fsp3) is 0.200. The van der Waals surface area contributed by atoms with Gasteiger partial charge in [-0.25, -0.2) is 0 Å². The molecule has 0 spiro atoms. The zero-order valence-electron chi connectivity index (χ0n) is 17.9. The highest BCUT2D eigenvalue weighted by atomic mass is 16.5. The number of amides is 2. The van der Waals surface area contributed by atoms with Crippen LogP contribution in [-0.4, -0.2) is 26.0 Å². The lowest BCUT2D eigenvalue weighted by atomic mass is 10.1. The Bertz CT molecular complexity index is 1040. The summed E-state index contributed by atoms with van der Waals surface area (Å²) >= 11 is 0. The SMILES string of the molecule is COc1ccc(CC(=O)Nc2ccc(C)c(NC(=O)Cc3ccc(OC)cc3)c2)cc1. The summed E-state index contributed by atoms with van der Waals surface area (Å²) in [5, 5.41) is 5.81. The van der Waals surface area contributed by atoms with Gasteiger partial charge in [0.2, 0.25) is 11.8 Å². The van der Waals surface area contributed by atoms with Gasteiger partial charge in [0.05, 0.1) is 27.1 Å². The summed E-state index contributed by atoms with van der Waals surface area (Å²) in [4.78, 5) is 24.9. The summed E-state index contributed by atoms with van der Waals surface area (Å²) in [7, 11) is 3.21. The van der Waals surface area contributed by atoms with Crippen molar-refractivity contribution in [3.8, 4) is 11.5 Å². The van der Waals surface area contributed by atoms with Crippen LogP contribution in [0.2, 0.25) is 0 Å². The van der Waals surface area contributed by atoms with E-state index < -0.39 is 0 Å². The second-order valence-corrected chi connectivity index (χ2v) is 7.18. The molecule has 0 atom stereocenters. The molecule has 6 heteroatoms. The zero-order valence-corrected chi connectivity index (χ0v) is 17.9. The van der Waals surface area contributed by atoms with Crippen LogP contribution in [0.15, 0.2) is 66.7 Å². The number of nitrogens with one attached hydrogen (secondary N) is 2. The van der Waals surface area contributed by atoms with Crippen LogP contribution in [0.25, 0.3) is 0 Å². The van der Waals surface area contributed by atoms with Crippen LogP contribution in [0.4, 0.5) is 11.4 Å². The largest absolute Gasteiger partial charge is 0.497 e. The van der Waals surface area contributed by atoms with E-state index in [2.05, 4.69) is 10.6 Å². The van der Waals surface area contributed by atoms with E-state index in [0.29, 0.717) is 11.4 Å². The van der Waals surface area contributed by atoms with Crippen LogP contribution in [0.1, 0.15) is 16.7 Å². The lowest BCUT2D eigenvalue weighted by Crippen LogP contribution is -2.17. The molecule has 0 aromatic heterocycles. The van der Waals surface area contributed by atoms with Crippen molar-refractivity contribution in [3.63, 3.8) is 0 Å². The molecule has 2 N–H and O–H groups in total. The maximum Gasteiger partial charge on any atom is 0.228 e. The first-order chi connectivity index (χ1) is 15.0. The van der Waals surface area contributed by atoms with Crippen LogP contribution in [-0.2, 0) is 22.4 Å². The fourth-order valence-electron chi connectivity index (χ4n) is 3.09. The molecular formula is C25H26N2O4. The van der Waals surface area contributed by atoms with Gasteiger partial charge in [0.25, 0.3) is 0 Å². The zero-order chi connectivity index (χ0) is 22.2. The van der Waals surface area contributed by atoms with Gasteiger partial charge in [0, 0.05) is 11.4 Å². The Morgan fingerprint density at radius 1 is 0.710 bits per heavy atom. The number of aryl methyl sites for hydroxylation is 1. The molecule has 0 heterocycles. The Hall–Kier alpha value is -3.80. The lowest BCUT2D eigenvalue weighted by molar-refractivity contribution is -0.116. The van der Waals surface area contributed by atoms with Crippen LogP contribution < -0.4 is 20.1 Å².